The highest BCUT2D eigenvalue weighted by atomic mass is 79.9. The molecule has 0 aliphatic heterocycles. The summed E-state index contributed by atoms with van der Waals surface area (Å²) in [4.78, 5) is 0. The number of ether oxygens (including phenoxy) is 2. The highest BCUT2D eigenvalue weighted by molar-refractivity contribution is 9.28. The van der Waals surface area contributed by atoms with E-state index < -0.39 is 0 Å². The van der Waals surface area contributed by atoms with Crippen LogP contribution >= 0.6 is 31.9 Å². The molecule has 146 valence electrons. The number of hydrogen-bond acceptors (Lipinski definition) is 2. The van der Waals surface area contributed by atoms with Crippen LogP contribution in [0.3, 0.4) is 0 Å². The summed E-state index contributed by atoms with van der Waals surface area (Å²) in [5.74, 6) is 2.19. The van der Waals surface area contributed by atoms with E-state index in [2.05, 4.69) is 89.0 Å². The van der Waals surface area contributed by atoms with Crippen molar-refractivity contribution in [1.82, 2.24) is 0 Å². The molecule has 1 unspecified atom stereocenters. The van der Waals surface area contributed by atoms with Crippen LogP contribution in [-0.2, 0) is 6.42 Å². The van der Waals surface area contributed by atoms with E-state index in [4.69, 9.17) is 9.47 Å². The molecule has 0 aliphatic carbocycles. The first kappa shape index (κ1) is 22.0. The molecule has 2 nitrogen and oxygen atoms in total. The Morgan fingerprint density at radius 3 is 2.41 bits per heavy atom. The molecule has 0 N–H and O–H groups in total. The maximum atomic E-state index is 5.90. The van der Waals surface area contributed by atoms with Gasteiger partial charge in [-0.15, -0.1) is 0 Å². The lowest BCUT2D eigenvalue weighted by atomic mass is 9.88. The van der Waals surface area contributed by atoms with Crippen LogP contribution in [0.5, 0.6) is 11.5 Å². The van der Waals surface area contributed by atoms with Gasteiger partial charge in [-0.3, -0.25) is 0 Å². The second-order valence-corrected chi connectivity index (χ2v) is 9.70. The van der Waals surface area contributed by atoms with Gasteiger partial charge in [0.1, 0.15) is 18.1 Å². The average Bonchev–Trinajstić information content (AvgIpc) is 2.60. The van der Waals surface area contributed by atoms with Crippen molar-refractivity contribution in [2.45, 2.75) is 53.1 Å². The van der Waals surface area contributed by atoms with E-state index in [1.807, 2.05) is 19.9 Å². The first-order valence-corrected chi connectivity index (χ1v) is 10.9. The van der Waals surface area contributed by atoms with Crippen LogP contribution in [0.15, 0.2) is 45.9 Å². The lowest BCUT2D eigenvalue weighted by Crippen LogP contribution is -2.07. The van der Waals surface area contributed by atoms with Gasteiger partial charge < -0.3 is 9.47 Å². The van der Waals surface area contributed by atoms with Gasteiger partial charge in [-0.1, -0.05) is 32.0 Å². The Hall–Kier alpha value is -1.26. The van der Waals surface area contributed by atoms with E-state index in [1.165, 1.54) is 22.3 Å². The van der Waals surface area contributed by atoms with Crippen LogP contribution in [0.4, 0.5) is 0 Å². The van der Waals surface area contributed by atoms with Gasteiger partial charge in [-0.2, -0.15) is 0 Å². The Kier molecular flexibility index (Phi) is 8.43. The van der Waals surface area contributed by atoms with Gasteiger partial charge in [-0.05, 0) is 106 Å². The van der Waals surface area contributed by atoms with Gasteiger partial charge in [0, 0.05) is 5.92 Å². The minimum atomic E-state index is 0.187. The molecule has 27 heavy (non-hydrogen) atoms. The van der Waals surface area contributed by atoms with Crippen molar-refractivity contribution in [3.63, 3.8) is 0 Å². The molecule has 0 aliphatic rings. The van der Waals surface area contributed by atoms with Crippen molar-refractivity contribution in [2.75, 3.05) is 6.61 Å². The van der Waals surface area contributed by atoms with Gasteiger partial charge in [0.2, 0.25) is 0 Å². The Morgan fingerprint density at radius 2 is 1.81 bits per heavy atom. The molecule has 2 aromatic carbocycles. The number of halogens is 2. The zero-order valence-electron chi connectivity index (χ0n) is 16.7. The SMILES string of the molecule is CCc1cc(C(C)c2ccc(OC(C)C)cc2C)ccc1OCC=C(Br)Br. The molecule has 0 fully saturated rings. The third kappa shape index (κ3) is 6.39. The van der Waals surface area contributed by atoms with Crippen molar-refractivity contribution in [1.29, 1.82) is 0 Å². The molecule has 4 heteroatoms. The molecular weight excluding hydrogens is 468 g/mol. The fraction of sp³-hybridized carbons (Fsp3) is 0.391. The average molecular weight is 496 g/mol. The van der Waals surface area contributed by atoms with Crippen LogP contribution in [0.1, 0.15) is 55.9 Å². The second kappa shape index (κ2) is 10.3. The molecule has 2 aromatic rings. The van der Waals surface area contributed by atoms with Gasteiger partial charge in [0.25, 0.3) is 0 Å². The maximum absolute atomic E-state index is 5.90. The molecule has 1 atom stereocenters. The van der Waals surface area contributed by atoms with E-state index in [0.29, 0.717) is 12.5 Å². The number of aryl methyl sites for hydroxylation is 2. The minimum Gasteiger partial charge on any atom is -0.491 e. The third-order valence-corrected chi connectivity index (χ3v) is 5.17. The molecule has 0 heterocycles. The molecule has 0 saturated carbocycles. The molecular formula is C23H28Br2O2. The standard InChI is InChI=1S/C23H28Br2O2/c1-6-18-14-19(7-10-22(18)26-12-11-23(24)25)17(5)21-9-8-20(13-16(21)4)27-15(2)3/h7-11,13-15,17H,6,12H2,1-5H3. The van der Waals surface area contributed by atoms with E-state index in [9.17, 15) is 0 Å². The number of rotatable bonds is 8. The summed E-state index contributed by atoms with van der Waals surface area (Å²) in [6.45, 7) is 11.2. The predicted molar refractivity (Wildman–Crippen MR) is 122 cm³/mol. The third-order valence-electron chi connectivity index (χ3n) is 4.52. The van der Waals surface area contributed by atoms with Crippen molar-refractivity contribution < 1.29 is 9.47 Å². The number of benzene rings is 2. The van der Waals surface area contributed by atoms with Gasteiger partial charge in [-0.25, -0.2) is 0 Å². The molecule has 0 spiro atoms. The van der Waals surface area contributed by atoms with Crippen molar-refractivity contribution in [2.24, 2.45) is 0 Å². The van der Waals surface area contributed by atoms with Gasteiger partial charge in [0.05, 0.1) is 9.50 Å². The highest BCUT2D eigenvalue weighted by Crippen LogP contribution is 2.32. The predicted octanol–water partition coefficient (Wildman–Crippen LogP) is 7.51. The summed E-state index contributed by atoms with van der Waals surface area (Å²) in [5, 5.41) is 0. The van der Waals surface area contributed by atoms with Crippen LogP contribution in [0.25, 0.3) is 0 Å². The quantitative estimate of drug-likeness (QED) is 0.377. The minimum absolute atomic E-state index is 0.187. The van der Waals surface area contributed by atoms with Crippen LogP contribution < -0.4 is 9.47 Å². The monoisotopic (exact) mass is 494 g/mol. The molecule has 0 aromatic heterocycles. The van der Waals surface area contributed by atoms with Crippen LogP contribution in [0, 0.1) is 6.92 Å². The first-order chi connectivity index (χ1) is 12.8. The Labute approximate surface area is 180 Å². The normalized spacial score (nSPS) is 12.0. The first-order valence-electron chi connectivity index (χ1n) is 9.35. The Balaban J connectivity index is 2.23. The fourth-order valence-corrected chi connectivity index (χ4v) is 3.40. The van der Waals surface area contributed by atoms with Gasteiger partial charge >= 0.3 is 0 Å². The van der Waals surface area contributed by atoms with Crippen molar-refractivity contribution >= 4 is 31.9 Å². The lowest BCUT2D eigenvalue weighted by molar-refractivity contribution is 0.242. The zero-order chi connectivity index (χ0) is 20.0. The maximum Gasteiger partial charge on any atom is 0.122 e. The van der Waals surface area contributed by atoms with E-state index in [1.54, 1.807) is 0 Å². The smallest absolute Gasteiger partial charge is 0.122 e. The summed E-state index contributed by atoms with van der Waals surface area (Å²) in [6.07, 6.45) is 3.07. The molecule has 0 amide bonds. The van der Waals surface area contributed by atoms with Crippen molar-refractivity contribution in [3.8, 4) is 11.5 Å². The summed E-state index contributed by atoms with van der Waals surface area (Å²) >= 11 is 6.71. The Morgan fingerprint density at radius 1 is 1.07 bits per heavy atom. The largest absolute Gasteiger partial charge is 0.491 e. The number of hydrogen-bond donors (Lipinski definition) is 0. The van der Waals surface area contributed by atoms with E-state index in [-0.39, 0.29) is 6.10 Å². The van der Waals surface area contributed by atoms with Crippen molar-refractivity contribution in [3.05, 3.63) is 68.1 Å². The topological polar surface area (TPSA) is 18.5 Å². The lowest BCUT2D eigenvalue weighted by Gasteiger charge is -2.19. The second-order valence-electron chi connectivity index (χ2n) is 6.93. The Bertz CT molecular complexity index is 793. The summed E-state index contributed by atoms with van der Waals surface area (Å²) in [5.41, 5.74) is 5.12. The molecule has 0 saturated heterocycles. The van der Waals surface area contributed by atoms with Crippen LogP contribution in [-0.4, -0.2) is 12.7 Å². The molecule has 0 bridgehead atoms. The van der Waals surface area contributed by atoms with Crippen LogP contribution in [0.2, 0.25) is 0 Å². The zero-order valence-corrected chi connectivity index (χ0v) is 19.9. The molecule has 0 radical (unpaired) electrons. The fourth-order valence-electron chi connectivity index (χ4n) is 3.14. The summed E-state index contributed by atoms with van der Waals surface area (Å²) in [6, 6.07) is 12.9. The van der Waals surface area contributed by atoms with Gasteiger partial charge in [0.15, 0.2) is 0 Å². The highest BCUT2D eigenvalue weighted by Gasteiger charge is 2.14. The molecule has 2 rings (SSSR count). The van der Waals surface area contributed by atoms with E-state index in [0.717, 1.165) is 21.3 Å². The summed E-state index contributed by atoms with van der Waals surface area (Å²) < 4.78 is 12.6. The summed E-state index contributed by atoms with van der Waals surface area (Å²) in [7, 11) is 0. The van der Waals surface area contributed by atoms with E-state index >= 15 is 0 Å².